The number of rotatable bonds is 16. The molecule has 0 aliphatic heterocycles. The number of carbonyl (C=O) groups is 1. The van der Waals surface area contributed by atoms with Crippen LogP contribution < -0.4 is 17.7 Å². The Morgan fingerprint density at radius 1 is 0.889 bits per heavy atom. The predicted octanol–water partition coefficient (Wildman–Crippen LogP) is 0.0316. The average molecular weight is 429 g/mol. The van der Waals surface area contributed by atoms with Crippen molar-refractivity contribution in [1.29, 1.82) is 0 Å². The van der Waals surface area contributed by atoms with E-state index in [0.29, 0.717) is 39.0 Å². The first-order valence-electron chi connectivity index (χ1n) is 10.1. The summed E-state index contributed by atoms with van der Waals surface area (Å²) >= 11 is 0. The number of hydrogen-bond donors (Lipinski definition) is 1. The lowest BCUT2D eigenvalue weighted by atomic mass is 10.3. The third-order valence-electron chi connectivity index (χ3n) is 4.83. The van der Waals surface area contributed by atoms with Gasteiger partial charge in [-0.1, -0.05) is 0 Å². The molecule has 0 radical (unpaired) electrons. The highest BCUT2D eigenvalue weighted by Crippen LogP contribution is 2.17. The van der Waals surface area contributed by atoms with Crippen molar-refractivity contribution in [3.05, 3.63) is 0 Å². The first-order valence-corrected chi connectivity index (χ1v) is 12.1. The zero-order valence-corrected chi connectivity index (χ0v) is 19.9. The summed E-state index contributed by atoms with van der Waals surface area (Å²) in [5.41, 5.74) is 0. The number of likely N-dealkylation sites (N-methyl/N-ethyl adjacent to an activating group) is 1. The van der Waals surface area contributed by atoms with Gasteiger partial charge in [0.25, 0.3) is 0 Å². The minimum Gasteiger partial charge on any atom is -1.00 e. The quantitative estimate of drug-likeness (QED) is 0.213. The number of amides is 1. The van der Waals surface area contributed by atoms with Crippen LogP contribution in [0.3, 0.4) is 0 Å². The van der Waals surface area contributed by atoms with Crippen molar-refractivity contribution in [3.63, 3.8) is 0 Å². The van der Waals surface area contributed by atoms with Gasteiger partial charge < -0.3 is 40.2 Å². The second-order valence-electron chi connectivity index (χ2n) is 6.16. The van der Waals surface area contributed by atoms with Crippen LogP contribution in [0.5, 0.6) is 0 Å². The fraction of sp³-hybridized carbons (Fsp3) is 0.944. The van der Waals surface area contributed by atoms with Crippen LogP contribution in [0.1, 0.15) is 48.0 Å². The molecule has 0 heterocycles. The Morgan fingerprint density at radius 3 is 1.78 bits per heavy atom. The molecule has 0 fully saturated rings. The molecule has 0 aromatic rings. The summed E-state index contributed by atoms with van der Waals surface area (Å²) in [4.78, 5) is 11.9. The highest BCUT2D eigenvalue weighted by Gasteiger charge is 2.39. The molecule has 1 N–H and O–H groups in total. The molecule has 27 heavy (non-hydrogen) atoms. The van der Waals surface area contributed by atoms with Gasteiger partial charge in [0.05, 0.1) is 19.6 Å². The molecular formula is C18H41ClN2O5Si. The molecule has 0 rings (SSSR count). The topological polar surface area (TPSA) is 66.0 Å². The number of hydrogen-bond acceptors (Lipinski definition) is 5. The van der Waals surface area contributed by atoms with E-state index in [-0.39, 0.29) is 18.5 Å². The van der Waals surface area contributed by atoms with E-state index in [1.807, 2.05) is 20.8 Å². The maximum Gasteiger partial charge on any atom is 0.500 e. The van der Waals surface area contributed by atoms with Crippen LogP contribution in [-0.4, -0.2) is 78.5 Å². The predicted molar refractivity (Wildman–Crippen MR) is 106 cm³/mol. The number of quaternary nitrogens is 1. The van der Waals surface area contributed by atoms with Crippen molar-refractivity contribution in [3.8, 4) is 0 Å². The van der Waals surface area contributed by atoms with Gasteiger partial charge in [-0.2, -0.15) is 0 Å². The minimum absolute atomic E-state index is 0. The van der Waals surface area contributed by atoms with Crippen LogP contribution in [-0.2, 0) is 18.0 Å². The van der Waals surface area contributed by atoms with E-state index in [2.05, 4.69) is 26.1 Å². The van der Waals surface area contributed by atoms with E-state index in [4.69, 9.17) is 18.0 Å². The fourth-order valence-corrected chi connectivity index (χ4v) is 5.64. The lowest BCUT2D eigenvalue weighted by molar-refractivity contribution is -0.923. The van der Waals surface area contributed by atoms with E-state index in [0.717, 1.165) is 37.1 Å². The van der Waals surface area contributed by atoms with Gasteiger partial charge in [0.1, 0.15) is 13.2 Å². The molecule has 0 atom stereocenters. The third kappa shape index (κ3) is 11.3. The summed E-state index contributed by atoms with van der Waals surface area (Å²) in [5.74, 6) is 0. The molecule has 0 aromatic heterocycles. The largest absolute Gasteiger partial charge is 1.00 e. The molecule has 164 valence electrons. The summed E-state index contributed by atoms with van der Waals surface area (Å²) in [6.07, 6.45) is 0.378. The Hall–Kier alpha value is -0.383. The Labute approximate surface area is 173 Å². The molecule has 7 nitrogen and oxygen atoms in total. The monoisotopic (exact) mass is 428 g/mol. The molecule has 0 saturated carbocycles. The maximum atomic E-state index is 11.9. The van der Waals surface area contributed by atoms with Crippen LogP contribution in [0.25, 0.3) is 0 Å². The molecule has 0 aliphatic rings. The summed E-state index contributed by atoms with van der Waals surface area (Å²) in [5, 5.41) is 2.81. The molecule has 9 heteroatoms. The zero-order valence-electron chi connectivity index (χ0n) is 18.1. The van der Waals surface area contributed by atoms with Crippen molar-refractivity contribution in [2.75, 3.05) is 59.2 Å². The minimum atomic E-state index is -2.63. The van der Waals surface area contributed by atoms with Crippen LogP contribution in [0, 0.1) is 0 Å². The number of ether oxygens (including phenoxy) is 1. The normalized spacial score (nSPS) is 11.8. The van der Waals surface area contributed by atoms with Crippen LogP contribution in [0.15, 0.2) is 0 Å². The van der Waals surface area contributed by atoms with Gasteiger partial charge in [-0.25, -0.2) is 4.79 Å². The SMILES string of the molecule is CCO[Si](CCCNC(=O)OCC[N+](CC)(CC)CC)(OCC)OCC.[Cl-]. The van der Waals surface area contributed by atoms with Gasteiger partial charge >= 0.3 is 14.9 Å². The number of nitrogens with zero attached hydrogens (tertiary/aromatic N) is 1. The average Bonchev–Trinajstić information content (AvgIpc) is 2.63. The van der Waals surface area contributed by atoms with E-state index in [1.165, 1.54) is 0 Å². The summed E-state index contributed by atoms with van der Waals surface area (Å²) < 4.78 is 23.7. The summed E-state index contributed by atoms with van der Waals surface area (Å²) in [6.45, 7) is 19.0. The fourth-order valence-electron chi connectivity index (χ4n) is 3.02. The Morgan fingerprint density at radius 2 is 1.37 bits per heavy atom. The third-order valence-corrected chi connectivity index (χ3v) is 7.98. The van der Waals surface area contributed by atoms with E-state index >= 15 is 0 Å². The zero-order chi connectivity index (χ0) is 19.9. The van der Waals surface area contributed by atoms with Gasteiger partial charge in [-0.3, -0.25) is 0 Å². The lowest BCUT2D eigenvalue weighted by Gasteiger charge is -2.35. The number of halogens is 1. The highest BCUT2D eigenvalue weighted by atomic mass is 35.5. The molecule has 0 spiro atoms. The first-order chi connectivity index (χ1) is 12.5. The number of carbonyl (C=O) groups excluding carboxylic acids is 1. The highest BCUT2D eigenvalue weighted by molar-refractivity contribution is 6.60. The molecule has 1 amide bonds. The van der Waals surface area contributed by atoms with Crippen molar-refractivity contribution in [2.45, 2.75) is 54.0 Å². The van der Waals surface area contributed by atoms with E-state index in [9.17, 15) is 4.79 Å². The van der Waals surface area contributed by atoms with Crippen molar-refractivity contribution >= 4 is 14.9 Å². The second-order valence-corrected chi connectivity index (χ2v) is 8.89. The molecule has 0 aromatic carbocycles. The lowest BCUT2D eigenvalue weighted by Crippen LogP contribution is -3.00. The Bertz CT molecular complexity index is 348. The number of alkyl carbamates (subject to hydrolysis) is 1. The smallest absolute Gasteiger partial charge is 0.500 e. The van der Waals surface area contributed by atoms with Crippen molar-refractivity contribution in [2.24, 2.45) is 0 Å². The molecular weight excluding hydrogens is 388 g/mol. The number of nitrogens with one attached hydrogen (secondary N) is 1. The van der Waals surface area contributed by atoms with Gasteiger partial charge in [-0.05, 0) is 48.0 Å². The first kappa shape index (κ1) is 28.8. The summed E-state index contributed by atoms with van der Waals surface area (Å²) in [7, 11) is -2.63. The maximum absolute atomic E-state index is 11.9. The van der Waals surface area contributed by atoms with Crippen molar-refractivity contribution in [1.82, 2.24) is 5.32 Å². The van der Waals surface area contributed by atoms with E-state index < -0.39 is 8.80 Å². The van der Waals surface area contributed by atoms with Gasteiger partial charge in [-0.15, -0.1) is 0 Å². The van der Waals surface area contributed by atoms with Crippen LogP contribution in [0.2, 0.25) is 6.04 Å². The Kier molecular flexibility index (Phi) is 17.7. The van der Waals surface area contributed by atoms with Gasteiger partial charge in [0.15, 0.2) is 0 Å². The van der Waals surface area contributed by atoms with Crippen LogP contribution in [0.4, 0.5) is 4.79 Å². The second kappa shape index (κ2) is 16.6. The van der Waals surface area contributed by atoms with Gasteiger partial charge in [0, 0.05) is 32.4 Å². The molecule has 0 aliphatic carbocycles. The molecule has 0 unspecified atom stereocenters. The van der Waals surface area contributed by atoms with Crippen LogP contribution >= 0.6 is 0 Å². The standard InChI is InChI=1S/C18H40N2O5Si.ClH/c1-7-20(8-2,9-3)15-16-22-18(21)19-14-13-17-26(23-10-4,24-11-5)25-12-6;/h7-17H2,1-6H3;1H. The van der Waals surface area contributed by atoms with Gasteiger partial charge in [0.2, 0.25) is 0 Å². The van der Waals surface area contributed by atoms with E-state index in [1.54, 1.807) is 0 Å². The van der Waals surface area contributed by atoms with Crippen molar-refractivity contribution < 1.29 is 39.7 Å². The molecule has 0 saturated heterocycles. The molecule has 0 bridgehead atoms. The summed E-state index contributed by atoms with van der Waals surface area (Å²) in [6, 6.07) is 0.685. The Balaban J connectivity index is 0.